The Hall–Kier alpha value is -1.43. The summed E-state index contributed by atoms with van der Waals surface area (Å²) in [7, 11) is 3.65. The fourth-order valence-electron chi connectivity index (χ4n) is 1.85. The Kier molecular flexibility index (Phi) is 4.30. The van der Waals surface area contributed by atoms with Crippen LogP contribution in [0.25, 0.3) is 11.0 Å². The maximum atomic E-state index is 5.64. The molecule has 1 aromatic carbocycles. The fraction of sp³-hybridized carbons (Fsp3) is 0.462. The minimum Gasteiger partial charge on any atom is -0.382 e. The maximum Gasteiger partial charge on any atom is 0.135 e. The summed E-state index contributed by atoms with van der Waals surface area (Å²) < 4.78 is 12.5. The van der Waals surface area contributed by atoms with Gasteiger partial charge in [-0.15, -0.1) is 0 Å². The molecule has 0 fully saturated rings. The van der Waals surface area contributed by atoms with Gasteiger partial charge in [0.05, 0.1) is 24.2 Å². The Morgan fingerprint density at radius 1 is 1.33 bits per heavy atom. The zero-order valence-electron chi connectivity index (χ0n) is 10.8. The molecule has 0 radical (unpaired) electrons. The molecule has 18 heavy (non-hydrogen) atoms. The Bertz CT molecular complexity index is 522. The van der Waals surface area contributed by atoms with Crippen molar-refractivity contribution in [2.24, 2.45) is 12.8 Å². The van der Waals surface area contributed by atoms with Crippen LogP contribution in [0.1, 0.15) is 11.4 Å². The van der Waals surface area contributed by atoms with Crippen LogP contribution in [0.5, 0.6) is 0 Å². The van der Waals surface area contributed by atoms with E-state index in [9.17, 15) is 0 Å². The van der Waals surface area contributed by atoms with Crippen LogP contribution in [0.3, 0.4) is 0 Å². The number of hydrogen-bond acceptors (Lipinski definition) is 4. The van der Waals surface area contributed by atoms with E-state index in [1.54, 1.807) is 7.11 Å². The number of fused-ring (bicyclic) bond motifs is 1. The lowest BCUT2D eigenvalue weighted by Crippen LogP contribution is -2.05. The molecule has 2 aromatic rings. The van der Waals surface area contributed by atoms with Crippen LogP contribution in [-0.2, 0) is 29.7 Å². The van der Waals surface area contributed by atoms with Crippen molar-refractivity contribution in [2.75, 3.05) is 20.3 Å². The number of rotatable bonds is 6. The van der Waals surface area contributed by atoms with Crippen LogP contribution in [0.4, 0.5) is 0 Å². The summed E-state index contributed by atoms with van der Waals surface area (Å²) >= 11 is 0. The van der Waals surface area contributed by atoms with Gasteiger partial charge in [0.15, 0.2) is 0 Å². The monoisotopic (exact) mass is 249 g/mol. The maximum absolute atomic E-state index is 5.64. The third kappa shape index (κ3) is 2.69. The predicted molar refractivity (Wildman–Crippen MR) is 70.1 cm³/mol. The van der Waals surface area contributed by atoms with Crippen LogP contribution >= 0.6 is 0 Å². The summed E-state index contributed by atoms with van der Waals surface area (Å²) in [4.78, 5) is 4.54. The molecule has 0 atom stereocenters. The molecule has 0 aliphatic heterocycles. The summed E-state index contributed by atoms with van der Waals surface area (Å²) in [5.41, 5.74) is 8.81. The first-order valence-corrected chi connectivity index (χ1v) is 5.97. The van der Waals surface area contributed by atoms with Crippen molar-refractivity contribution in [3.63, 3.8) is 0 Å². The molecule has 0 spiro atoms. The number of nitrogens with two attached hydrogens (primary N) is 1. The average Bonchev–Trinajstić information content (AvgIpc) is 2.71. The highest BCUT2D eigenvalue weighted by atomic mass is 16.5. The van der Waals surface area contributed by atoms with Crippen LogP contribution < -0.4 is 5.73 Å². The van der Waals surface area contributed by atoms with Gasteiger partial charge in [-0.3, -0.25) is 0 Å². The third-order valence-corrected chi connectivity index (χ3v) is 2.94. The molecule has 5 heteroatoms. The Morgan fingerprint density at radius 3 is 2.89 bits per heavy atom. The second-order valence-electron chi connectivity index (χ2n) is 4.16. The van der Waals surface area contributed by atoms with E-state index >= 15 is 0 Å². The summed E-state index contributed by atoms with van der Waals surface area (Å²) in [5.74, 6) is 0.912. The molecule has 1 heterocycles. The van der Waals surface area contributed by atoms with Crippen LogP contribution in [0, 0.1) is 0 Å². The van der Waals surface area contributed by atoms with Crippen LogP contribution in [0.15, 0.2) is 18.2 Å². The number of methoxy groups -OCH3 is 1. The van der Waals surface area contributed by atoms with Crippen molar-refractivity contribution in [3.05, 3.63) is 29.6 Å². The van der Waals surface area contributed by atoms with E-state index in [1.165, 1.54) is 0 Å². The first kappa shape index (κ1) is 13.0. The zero-order valence-corrected chi connectivity index (χ0v) is 10.8. The molecule has 0 amide bonds. The van der Waals surface area contributed by atoms with Gasteiger partial charge in [-0.2, -0.15) is 0 Å². The summed E-state index contributed by atoms with van der Waals surface area (Å²) in [5, 5.41) is 0. The first-order chi connectivity index (χ1) is 8.76. The topological polar surface area (TPSA) is 62.3 Å². The quantitative estimate of drug-likeness (QED) is 0.781. The zero-order chi connectivity index (χ0) is 13.0. The molecule has 0 saturated carbocycles. The largest absolute Gasteiger partial charge is 0.382 e. The molecule has 2 N–H and O–H groups in total. The van der Waals surface area contributed by atoms with Crippen molar-refractivity contribution < 1.29 is 9.47 Å². The molecule has 2 rings (SSSR count). The van der Waals surface area contributed by atoms with Gasteiger partial charge < -0.3 is 19.8 Å². The fourth-order valence-corrected chi connectivity index (χ4v) is 1.85. The standard InChI is InChI=1S/C13H19N3O2/c1-16-12-7-10(8-14)3-4-11(12)15-13(16)9-18-6-5-17-2/h3-4,7H,5-6,8-9,14H2,1-2H3. The van der Waals surface area contributed by atoms with Gasteiger partial charge in [0, 0.05) is 20.7 Å². The number of aryl methyl sites for hydroxylation is 1. The molecule has 0 bridgehead atoms. The van der Waals surface area contributed by atoms with Crippen molar-refractivity contribution >= 4 is 11.0 Å². The predicted octanol–water partition coefficient (Wildman–Crippen LogP) is 1.20. The van der Waals surface area contributed by atoms with Crippen molar-refractivity contribution in [1.29, 1.82) is 0 Å². The lowest BCUT2D eigenvalue weighted by Gasteiger charge is -2.04. The molecular weight excluding hydrogens is 230 g/mol. The Balaban J connectivity index is 2.16. The highest BCUT2D eigenvalue weighted by Crippen LogP contribution is 2.17. The van der Waals surface area contributed by atoms with E-state index in [0.717, 1.165) is 22.4 Å². The highest BCUT2D eigenvalue weighted by molar-refractivity contribution is 5.76. The van der Waals surface area contributed by atoms with E-state index in [1.807, 2.05) is 23.7 Å². The SMILES string of the molecule is COCCOCc1nc2ccc(CN)cc2n1C. The lowest BCUT2D eigenvalue weighted by atomic mass is 10.2. The first-order valence-electron chi connectivity index (χ1n) is 5.97. The lowest BCUT2D eigenvalue weighted by molar-refractivity contribution is 0.0578. The minimum absolute atomic E-state index is 0.493. The number of imidazole rings is 1. The molecule has 0 aliphatic rings. The number of ether oxygens (including phenoxy) is 2. The van der Waals surface area contributed by atoms with Gasteiger partial charge in [0.2, 0.25) is 0 Å². The van der Waals surface area contributed by atoms with Gasteiger partial charge in [-0.25, -0.2) is 4.98 Å². The van der Waals surface area contributed by atoms with E-state index in [2.05, 4.69) is 11.1 Å². The van der Waals surface area contributed by atoms with Crippen molar-refractivity contribution in [2.45, 2.75) is 13.2 Å². The van der Waals surface area contributed by atoms with Crippen molar-refractivity contribution in [1.82, 2.24) is 9.55 Å². The molecule has 98 valence electrons. The van der Waals surface area contributed by atoms with E-state index < -0.39 is 0 Å². The molecule has 0 aliphatic carbocycles. The van der Waals surface area contributed by atoms with Crippen molar-refractivity contribution in [3.8, 4) is 0 Å². The summed E-state index contributed by atoms with van der Waals surface area (Å²) in [6.45, 7) is 2.21. The average molecular weight is 249 g/mol. The number of benzene rings is 1. The van der Waals surface area contributed by atoms with Gasteiger partial charge >= 0.3 is 0 Å². The number of hydrogen-bond donors (Lipinski definition) is 1. The summed E-state index contributed by atoms with van der Waals surface area (Å²) in [6, 6.07) is 6.07. The molecule has 1 aromatic heterocycles. The van der Waals surface area contributed by atoms with Crippen LogP contribution in [-0.4, -0.2) is 29.9 Å². The number of nitrogens with zero attached hydrogens (tertiary/aromatic N) is 2. The Morgan fingerprint density at radius 2 is 2.17 bits per heavy atom. The molecule has 5 nitrogen and oxygen atoms in total. The van der Waals surface area contributed by atoms with Gasteiger partial charge in [-0.1, -0.05) is 6.07 Å². The van der Waals surface area contributed by atoms with Gasteiger partial charge in [0.1, 0.15) is 12.4 Å². The molecular formula is C13H19N3O2. The van der Waals surface area contributed by atoms with Crippen LogP contribution in [0.2, 0.25) is 0 Å². The second kappa shape index (κ2) is 5.95. The summed E-state index contributed by atoms with van der Waals surface area (Å²) in [6.07, 6.45) is 0. The van der Waals surface area contributed by atoms with Gasteiger partial charge in [-0.05, 0) is 17.7 Å². The number of aromatic nitrogens is 2. The van der Waals surface area contributed by atoms with E-state index in [-0.39, 0.29) is 0 Å². The molecule has 0 saturated heterocycles. The normalized spacial score (nSPS) is 11.3. The van der Waals surface area contributed by atoms with E-state index in [4.69, 9.17) is 15.2 Å². The smallest absolute Gasteiger partial charge is 0.135 e. The van der Waals surface area contributed by atoms with Gasteiger partial charge in [0.25, 0.3) is 0 Å². The third-order valence-electron chi connectivity index (χ3n) is 2.94. The highest BCUT2D eigenvalue weighted by Gasteiger charge is 2.08. The van der Waals surface area contributed by atoms with E-state index in [0.29, 0.717) is 26.4 Å². The molecule has 0 unspecified atom stereocenters. The second-order valence-corrected chi connectivity index (χ2v) is 4.16. The Labute approximate surface area is 107 Å². The minimum atomic E-state index is 0.493.